The Hall–Kier alpha value is -1.87. The second-order valence-electron chi connectivity index (χ2n) is 4.60. The Labute approximate surface area is 114 Å². The van der Waals surface area contributed by atoms with Crippen LogP contribution in [0.25, 0.3) is 0 Å². The monoisotopic (exact) mass is 256 g/mol. The molecule has 0 amide bonds. The second kappa shape index (κ2) is 6.90. The summed E-state index contributed by atoms with van der Waals surface area (Å²) in [5, 5.41) is 3.38. The molecular weight excluding hydrogens is 236 g/mol. The van der Waals surface area contributed by atoms with Crippen molar-refractivity contribution in [1.29, 1.82) is 0 Å². The summed E-state index contributed by atoms with van der Waals surface area (Å²) in [5.41, 5.74) is 2.62. The largest absolute Gasteiger partial charge is 0.497 e. The van der Waals surface area contributed by atoms with Crippen molar-refractivity contribution < 1.29 is 4.74 Å². The van der Waals surface area contributed by atoms with E-state index in [9.17, 15) is 0 Å². The van der Waals surface area contributed by atoms with Gasteiger partial charge in [-0.05, 0) is 55.3 Å². The molecule has 0 aliphatic carbocycles. The minimum atomic E-state index is 0.427. The fraction of sp³-hybridized carbons (Fsp3) is 0.312. The van der Waals surface area contributed by atoms with E-state index in [4.69, 9.17) is 4.74 Å². The van der Waals surface area contributed by atoms with Crippen LogP contribution in [0.5, 0.6) is 5.75 Å². The highest BCUT2D eigenvalue weighted by Gasteiger charge is 2.08. The third kappa shape index (κ3) is 4.07. The summed E-state index contributed by atoms with van der Waals surface area (Å²) in [7, 11) is 3.70. The van der Waals surface area contributed by atoms with Gasteiger partial charge in [-0.3, -0.25) is 4.98 Å². The van der Waals surface area contributed by atoms with Crippen LogP contribution in [0, 0.1) is 0 Å². The Bertz CT molecular complexity index is 482. The highest BCUT2D eigenvalue weighted by Crippen LogP contribution is 2.14. The van der Waals surface area contributed by atoms with Gasteiger partial charge in [0.25, 0.3) is 0 Å². The predicted octanol–water partition coefficient (Wildman–Crippen LogP) is 2.46. The molecule has 3 heteroatoms. The first kappa shape index (κ1) is 13.6. The molecule has 0 aliphatic heterocycles. The highest BCUT2D eigenvalue weighted by molar-refractivity contribution is 5.28. The lowest BCUT2D eigenvalue weighted by molar-refractivity contribution is 0.414. The van der Waals surface area contributed by atoms with Crippen molar-refractivity contribution in [2.24, 2.45) is 0 Å². The van der Waals surface area contributed by atoms with Crippen molar-refractivity contribution in [3.63, 3.8) is 0 Å². The Morgan fingerprint density at radius 1 is 1.00 bits per heavy atom. The van der Waals surface area contributed by atoms with Gasteiger partial charge in [-0.2, -0.15) is 0 Å². The molecule has 2 aromatic rings. The molecule has 1 N–H and O–H groups in total. The summed E-state index contributed by atoms with van der Waals surface area (Å²) in [6.45, 7) is 0. The average Bonchev–Trinajstić information content (AvgIpc) is 2.48. The number of pyridine rings is 1. The minimum Gasteiger partial charge on any atom is -0.497 e. The summed E-state index contributed by atoms with van der Waals surface area (Å²) >= 11 is 0. The summed E-state index contributed by atoms with van der Waals surface area (Å²) in [6, 6.07) is 12.8. The summed E-state index contributed by atoms with van der Waals surface area (Å²) in [5.74, 6) is 0.902. The molecule has 1 unspecified atom stereocenters. The molecule has 3 nitrogen and oxygen atoms in total. The molecule has 0 fully saturated rings. The Balaban J connectivity index is 1.98. The van der Waals surface area contributed by atoms with Crippen LogP contribution in [0.4, 0.5) is 0 Å². The van der Waals surface area contributed by atoms with Gasteiger partial charge in [-0.1, -0.05) is 12.1 Å². The number of likely N-dealkylation sites (N-methyl/N-ethyl adjacent to an activating group) is 1. The molecule has 100 valence electrons. The van der Waals surface area contributed by atoms with Crippen LogP contribution in [-0.2, 0) is 12.8 Å². The van der Waals surface area contributed by atoms with Gasteiger partial charge in [0.1, 0.15) is 5.75 Å². The molecule has 1 heterocycles. The molecule has 0 saturated heterocycles. The van der Waals surface area contributed by atoms with Crippen molar-refractivity contribution in [3.8, 4) is 5.75 Å². The number of benzene rings is 1. The molecule has 1 atom stereocenters. The molecule has 19 heavy (non-hydrogen) atoms. The van der Waals surface area contributed by atoms with Gasteiger partial charge < -0.3 is 10.1 Å². The SMILES string of the molecule is CNC(Cc1ccncc1)Cc1ccc(OC)cc1. The normalized spacial score (nSPS) is 12.1. The van der Waals surface area contributed by atoms with Crippen LogP contribution < -0.4 is 10.1 Å². The number of nitrogens with zero attached hydrogens (tertiary/aromatic N) is 1. The van der Waals surface area contributed by atoms with Gasteiger partial charge in [0, 0.05) is 18.4 Å². The predicted molar refractivity (Wildman–Crippen MR) is 77.5 cm³/mol. The van der Waals surface area contributed by atoms with Crippen LogP contribution >= 0.6 is 0 Å². The number of aromatic nitrogens is 1. The molecule has 0 aliphatic rings. The molecule has 2 rings (SSSR count). The van der Waals surface area contributed by atoms with E-state index in [1.54, 1.807) is 7.11 Å². The van der Waals surface area contributed by atoms with E-state index < -0.39 is 0 Å². The molecule has 1 aromatic carbocycles. The third-order valence-corrected chi connectivity index (χ3v) is 3.28. The quantitative estimate of drug-likeness (QED) is 0.862. The van der Waals surface area contributed by atoms with Gasteiger partial charge >= 0.3 is 0 Å². The van der Waals surface area contributed by atoms with Crippen LogP contribution in [0.2, 0.25) is 0 Å². The number of methoxy groups -OCH3 is 1. The van der Waals surface area contributed by atoms with E-state index in [1.165, 1.54) is 11.1 Å². The van der Waals surface area contributed by atoms with E-state index in [0.717, 1.165) is 18.6 Å². The topological polar surface area (TPSA) is 34.2 Å². The fourth-order valence-corrected chi connectivity index (χ4v) is 2.13. The van der Waals surface area contributed by atoms with Gasteiger partial charge in [0.2, 0.25) is 0 Å². The lowest BCUT2D eigenvalue weighted by Crippen LogP contribution is -2.29. The molecule has 0 saturated carbocycles. The Morgan fingerprint density at radius 3 is 2.11 bits per heavy atom. The average molecular weight is 256 g/mol. The zero-order valence-corrected chi connectivity index (χ0v) is 11.5. The lowest BCUT2D eigenvalue weighted by atomic mass is 10.00. The second-order valence-corrected chi connectivity index (χ2v) is 4.60. The standard InChI is InChI=1S/C16H20N2O/c1-17-15(12-14-7-9-18-10-8-14)11-13-3-5-16(19-2)6-4-13/h3-10,15,17H,11-12H2,1-2H3. The van der Waals surface area contributed by atoms with E-state index in [2.05, 4.69) is 34.6 Å². The lowest BCUT2D eigenvalue weighted by Gasteiger charge is -2.16. The van der Waals surface area contributed by atoms with Gasteiger partial charge in [0.05, 0.1) is 7.11 Å². The number of hydrogen-bond donors (Lipinski definition) is 1. The third-order valence-electron chi connectivity index (χ3n) is 3.28. The highest BCUT2D eigenvalue weighted by atomic mass is 16.5. The maximum atomic E-state index is 5.17. The van der Waals surface area contributed by atoms with Crippen molar-refractivity contribution >= 4 is 0 Å². The number of hydrogen-bond acceptors (Lipinski definition) is 3. The maximum Gasteiger partial charge on any atom is 0.118 e. The zero-order valence-electron chi connectivity index (χ0n) is 11.5. The summed E-state index contributed by atoms with van der Waals surface area (Å²) in [4.78, 5) is 4.05. The van der Waals surface area contributed by atoms with E-state index in [0.29, 0.717) is 6.04 Å². The molecule has 0 bridgehead atoms. The minimum absolute atomic E-state index is 0.427. The van der Waals surface area contributed by atoms with E-state index in [1.807, 2.05) is 31.6 Å². The first-order valence-corrected chi connectivity index (χ1v) is 6.51. The Kier molecular flexibility index (Phi) is 4.93. The summed E-state index contributed by atoms with van der Waals surface area (Å²) in [6.07, 6.45) is 5.69. The van der Waals surface area contributed by atoms with Crippen molar-refractivity contribution in [2.75, 3.05) is 14.2 Å². The van der Waals surface area contributed by atoms with Crippen molar-refractivity contribution in [1.82, 2.24) is 10.3 Å². The van der Waals surface area contributed by atoms with Crippen LogP contribution in [0.1, 0.15) is 11.1 Å². The van der Waals surface area contributed by atoms with Gasteiger partial charge in [0.15, 0.2) is 0 Å². The van der Waals surface area contributed by atoms with Crippen LogP contribution in [0.15, 0.2) is 48.8 Å². The molecule has 0 radical (unpaired) electrons. The van der Waals surface area contributed by atoms with Gasteiger partial charge in [-0.25, -0.2) is 0 Å². The fourth-order valence-electron chi connectivity index (χ4n) is 2.13. The molecular formula is C16H20N2O. The van der Waals surface area contributed by atoms with Crippen molar-refractivity contribution in [3.05, 3.63) is 59.9 Å². The van der Waals surface area contributed by atoms with Crippen molar-refractivity contribution in [2.45, 2.75) is 18.9 Å². The number of ether oxygens (including phenoxy) is 1. The number of nitrogens with one attached hydrogen (secondary N) is 1. The number of rotatable bonds is 6. The van der Waals surface area contributed by atoms with Gasteiger partial charge in [-0.15, -0.1) is 0 Å². The maximum absolute atomic E-state index is 5.17. The van der Waals surface area contributed by atoms with E-state index >= 15 is 0 Å². The first-order chi connectivity index (χ1) is 9.31. The summed E-state index contributed by atoms with van der Waals surface area (Å²) < 4.78 is 5.17. The molecule has 0 spiro atoms. The molecule has 1 aromatic heterocycles. The zero-order chi connectivity index (χ0) is 13.5. The van der Waals surface area contributed by atoms with Crippen LogP contribution in [-0.4, -0.2) is 25.2 Å². The first-order valence-electron chi connectivity index (χ1n) is 6.51. The smallest absolute Gasteiger partial charge is 0.118 e. The van der Waals surface area contributed by atoms with Crippen LogP contribution in [0.3, 0.4) is 0 Å². The Morgan fingerprint density at radius 2 is 1.58 bits per heavy atom. The van der Waals surface area contributed by atoms with E-state index in [-0.39, 0.29) is 0 Å².